The van der Waals surface area contributed by atoms with Crippen molar-refractivity contribution in [3.63, 3.8) is 0 Å². The summed E-state index contributed by atoms with van der Waals surface area (Å²) in [6.07, 6.45) is -0.138. The van der Waals surface area contributed by atoms with Crippen molar-refractivity contribution < 1.29 is 22.7 Å². The third-order valence-corrected chi connectivity index (χ3v) is 4.20. The smallest absolute Gasteiger partial charge is 0.345 e. The zero-order valence-electron chi connectivity index (χ0n) is 11.4. The summed E-state index contributed by atoms with van der Waals surface area (Å²) in [5.74, 6) is -0.0468. The fraction of sp³-hybridized carbons (Fsp3) is 0.923. The van der Waals surface area contributed by atoms with Gasteiger partial charge in [-0.1, -0.05) is 0 Å². The summed E-state index contributed by atoms with van der Waals surface area (Å²) in [6.45, 7) is 2.85. The molecule has 2 fully saturated rings. The fourth-order valence-electron chi connectivity index (χ4n) is 3.13. The van der Waals surface area contributed by atoms with Crippen molar-refractivity contribution >= 4 is 6.41 Å². The quantitative estimate of drug-likeness (QED) is 0.742. The van der Waals surface area contributed by atoms with Crippen molar-refractivity contribution in [3.8, 4) is 0 Å². The summed E-state index contributed by atoms with van der Waals surface area (Å²) >= 11 is 0. The minimum absolute atomic E-state index is 0.0468. The Hall–Kier alpha value is -0.820. The molecular weight excluding hydrogens is 273 g/mol. The van der Waals surface area contributed by atoms with E-state index in [0.717, 1.165) is 51.7 Å². The molecule has 0 aliphatic carbocycles. The highest BCUT2D eigenvalue weighted by Gasteiger charge is 2.33. The van der Waals surface area contributed by atoms with Gasteiger partial charge in [0, 0.05) is 25.7 Å². The lowest BCUT2D eigenvalue weighted by molar-refractivity contribution is -0.329. The molecule has 1 atom stereocenters. The summed E-state index contributed by atoms with van der Waals surface area (Å²) in [5, 5.41) is 0. The summed E-state index contributed by atoms with van der Waals surface area (Å²) in [4.78, 5) is 14.7. The molecule has 7 heteroatoms. The first kappa shape index (κ1) is 15.6. The van der Waals surface area contributed by atoms with Crippen LogP contribution in [0.25, 0.3) is 0 Å². The van der Waals surface area contributed by atoms with Crippen LogP contribution in [-0.4, -0.2) is 61.4 Å². The Kier molecular flexibility index (Phi) is 5.26. The van der Waals surface area contributed by atoms with Gasteiger partial charge in [0.2, 0.25) is 6.41 Å². The van der Waals surface area contributed by atoms with Gasteiger partial charge >= 0.3 is 6.36 Å². The molecule has 0 aromatic heterocycles. The molecule has 0 N–H and O–H groups in total. The number of likely N-dealkylation sites (tertiary alicyclic amines) is 2. The number of hydrogen-bond donors (Lipinski definition) is 0. The first-order valence-corrected chi connectivity index (χ1v) is 7.12. The van der Waals surface area contributed by atoms with Gasteiger partial charge in [-0.25, -0.2) is 0 Å². The third kappa shape index (κ3) is 4.63. The van der Waals surface area contributed by atoms with Crippen LogP contribution >= 0.6 is 0 Å². The Morgan fingerprint density at radius 2 is 1.85 bits per heavy atom. The molecule has 2 heterocycles. The molecule has 1 unspecified atom stereocenters. The van der Waals surface area contributed by atoms with Gasteiger partial charge in [0.25, 0.3) is 0 Å². The van der Waals surface area contributed by atoms with Gasteiger partial charge in [-0.3, -0.25) is 14.4 Å². The standard InChI is InChI=1S/C13H21F3N2O2/c14-13(15,16)20-9-11-2-1-5-18(8-11)12-3-6-17(10-19)7-4-12/h10-12H,1-9H2. The van der Waals surface area contributed by atoms with Gasteiger partial charge < -0.3 is 4.90 Å². The maximum absolute atomic E-state index is 12.1. The molecule has 1 amide bonds. The first-order chi connectivity index (χ1) is 9.48. The monoisotopic (exact) mass is 294 g/mol. The predicted octanol–water partition coefficient (Wildman–Crippen LogP) is 1.86. The van der Waals surface area contributed by atoms with Crippen molar-refractivity contribution in [2.24, 2.45) is 5.92 Å². The molecular formula is C13H21F3N2O2. The van der Waals surface area contributed by atoms with Gasteiger partial charge in [-0.05, 0) is 38.1 Å². The van der Waals surface area contributed by atoms with Gasteiger partial charge in [-0.2, -0.15) is 0 Å². The summed E-state index contributed by atoms with van der Waals surface area (Å²) in [5.41, 5.74) is 0. The highest BCUT2D eigenvalue weighted by Crippen LogP contribution is 2.25. The molecule has 4 nitrogen and oxygen atoms in total. The average Bonchev–Trinajstić information content (AvgIpc) is 2.45. The number of piperidine rings is 2. The lowest BCUT2D eigenvalue weighted by Gasteiger charge is -2.41. The third-order valence-electron chi connectivity index (χ3n) is 4.20. The SMILES string of the molecule is O=CN1CCC(N2CCCC(COC(F)(F)F)C2)CC1. The molecule has 20 heavy (non-hydrogen) atoms. The van der Waals surface area contributed by atoms with Crippen LogP contribution in [0.2, 0.25) is 0 Å². The molecule has 0 aromatic rings. The highest BCUT2D eigenvalue weighted by molar-refractivity contribution is 5.47. The van der Waals surface area contributed by atoms with Crippen LogP contribution in [0.5, 0.6) is 0 Å². The molecule has 2 aliphatic rings. The van der Waals surface area contributed by atoms with Crippen LogP contribution in [0, 0.1) is 5.92 Å². The van der Waals surface area contributed by atoms with E-state index in [-0.39, 0.29) is 12.5 Å². The number of halogens is 3. The molecule has 116 valence electrons. The van der Waals surface area contributed by atoms with E-state index in [1.807, 2.05) is 0 Å². The van der Waals surface area contributed by atoms with E-state index in [1.165, 1.54) is 0 Å². The number of nitrogens with zero attached hydrogens (tertiary/aromatic N) is 2. The second-order valence-corrected chi connectivity index (χ2v) is 5.63. The van der Waals surface area contributed by atoms with Crippen LogP contribution < -0.4 is 0 Å². The molecule has 0 saturated carbocycles. The summed E-state index contributed by atoms with van der Waals surface area (Å²) in [7, 11) is 0. The second-order valence-electron chi connectivity index (χ2n) is 5.63. The van der Waals surface area contributed by atoms with Crippen LogP contribution in [0.15, 0.2) is 0 Å². The maximum atomic E-state index is 12.1. The van der Waals surface area contributed by atoms with Gasteiger partial charge in [-0.15, -0.1) is 13.2 Å². The van der Waals surface area contributed by atoms with E-state index >= 15 is 0 Å². The van der Waals surface area contributed by atoms with E-state index < -0.39 is 6.36 Å². The second kappa shape index (κ2) is 6.76. The van der Waals surface area contributed by atoms with Crippen molar-refractivity contribution in [2.75, 3.05) is 32.8 Å². The summed E-state index contributed by atoms with van der Waals surface area (Å²) < 4.78 is 40.2. The number of alkyl halides is 3. The topological polar surface area (TPSA) is 32.8 Å². The molecule has 2 rings (SSSR count). The zero-order valence-corrected chi connectivity index (χ0v) is 11.4. The van der Waals surface area contributed by atoms with Crippen molar-refractivity contribution in [1.82, 2.24) is 9.80 Å². The predicted molar refractivity (Wildman–Crippen MR) is 67.0 cm³/mol. The van der Waals surface area contributed by atoms with E-state index in [9.17, 15) is 18.0 Å². The number of amides is 1. The lowest BCUT2D eigenvalue weighted by atomic mass is 9.94. The van der Waals surface area contributed by atoms with Crippen LogP contribution in [0.3, 0.4) is 0 Å². The summed E-state index contributed by atoms with van der Waals surface area (Å²) in [6, 6.07) is 0.389. The highest BCUT2D eigenvalue weighted by atomic mass is 19.4. The zero-order chi connectivity index (χ0) is 14.6. The van der Waals surface area contributed by atoms with Crippen molar-refractivity contribution in [1.29, 1.82) is 0 Å². The minimum Gasteiger partial charge on any atom is -0.345 e. The normalized spacial score (nSPS) is 26.8. The van der Waals surface area contributed by atoms with Gasteiger partial charge in [0.05, 0.1) is 6.61 Å². The van der Waals surface area contributed by atoms with E-state index in [4.69, 9.17) is 0 Å². The maximum Gasteiger partial charge on any atom is 0.522 e. The molecule has 0 spiro atoms. The number of carbonyl (C=O) groups excluding carboxylic acids is 1. The number of carbonyl (C=O) groups is 1. The Labute approximate surface area is 116 Å². The van der Waals surface area contributed by atoms with Crippen molar-refractivity contribution in [3.05, 3.63) is 0 Å². The largest absolute Gasteiger partial charge is 0.522 e. The number of rotatable bonds is 4. The molecule has 0 radical (unpaired) electrons. The molecule has 0 bridgehead atoms. The molecule has 0 aromatic carbocycles. The average molecular weight is 294 g/mol. The van der Waals surface area contributed by atoms with Crippen LogP contribution in [-0.2, 0) is 9.53 Å². The first-order valence-electron chi connectivity index (χ1n) is 7.12. The fourth-order valence-corrected chi connectivity index (χ4v) is 3.13. The lowest BCUT2D eigenvalue weighted by Crippen LogP contribution is -2.49. The molecule has 2 aliphatic heterocycles. The number of ether oxygens (including phenoxy) is 1. The van der Waals surface area contributed by atoms with Crippen molar-refractivity contribution in [2.45, 2.75) is 38.1 Å². The molecule has 2 saturated heterocycles. The Balaban J connectivity index is 1.77. The van der Waals surface area contributed by atoms with Gasteiger partial charge in [0.1, 0.15) is 0 Å². The minimum atomic E-state index is -4.53. The van der Waals surface area contributed by atoms with E-state index in [1.54, 1.807) is 4.90 Å². The van der Waals surface area contributed by atoms with Crippen LogP contribution in [0.1, 0.15) is 25.7 Å². The van der Waals surface area contributed by atoms with Gasteiger partial charge in [0.15, 0.2) is 0 Å². The Bertz CT molecular complexity index is 317. The number of hydrogen-bond acceptors (Lipinski definition) is 3. The Morgan fingerprint density at radius 3 is 2.45 bits per heavy atom. The Morgan fingerprint density at radius 1 is 1.15 bits per heavy atom. The van der Waals surface area contributed by atoms with Crippen LogP contribution in [0.4, 0.5) is 13.2 Å². The van der Waals surface area contributed by atoms with E-state index in [2.05, 4.69) is 9.64 Å². The van der Waals surface area contributed by atoms with E-state index in [0.29, 0.717) is 12.6 Å².